The molecule has 0 saturated carbocycles. The lowest BCUT2D eigenvalue weighted by atomic mass is 10.2. The number of halogens is 2. The molecule has 10 heteroatoms. The predicted molar refractivity (Wildman–Crippen MR) is 107 cm³/mol. The van der Waals surface area contributed by atoms with Crippen LogP contribution in [0.25, 0.3) is 11.5 Å². The van der Waals surface area contributed by atoms with Crippen molar-refractivity contribution in [1.82, 2.24) is 15.2 Å². The number of pyridine rings is 1. The van der Waals surface area contributed by atoms with Crippen LogP contribution < -0.4 is 4.31 Å². The molecule has 3 heterocycles. The molecule has 0 bridgehead atoms. The van der Waals surface area contributed by atoms with Crippen LogP contribution in [-0.4, -0.2) is 37.9 Å². The second kappa shape index (κ2) is 9.40. The lowest BCUT2D eigenvalue weighted by Crippen LogP contribution is -2.36. The molecule has 4 rings (SSSR count). The van der Waals surface area contributed by atoms with Gasteiger partial charge < -0.3 is 9.15 Å². The number of anilines is 1. The van der Waals surface area contributed by atoms with E-state index in [9.17, 15) is 13.0 Å². The first-order valence-electron chi connectivity index (χ1n) is 9.49. The molecule has 0 radical (unpaired) electrons. The number of alkyl halides is 2. The Morgan fingerprint density at radius 1 is 1.10 bits per heavy atom. The Hall–Kier alpha value is -2.72. The largest absolute Gasteiger partial charge is 0.415 e. The van der Waals surface area contributed by atoms with E-state index in [4.69, 9.17) is 9.15 Å². The van der Waals surface area contributed by atoms with E-state index in [0.717, 1.165) is 18.5 Å². The second-order valence-corrected chi connectivity index (χ2v) is 8.40. The summed E-state index contributed by atoms with van der Waals surface area (Å²) in [4.78, 5) is 4.39. The van der Waals surface area contributed by atoms with Gasteiger partial charge in [0.2, 0.25) is 5.89 Å². The smallest absolute Gasteiger partial charge is 0.314 e. The molecule has 1 aromatic carbocycles. The van der Waals surface area contributed by atoms with E-state index in [-0.39, 0.29) is 11.1 Å². The van der Waals surface area contributed by atoms with Gasteiger partial charge >= 0.3 is 6.43 Å². The molecular weight excluding hydrogens is 414 g/mol. The quantitative estimate of drug-likeness (QED) is 0.561. The first-order valence-corrected chi connectivity index (χ1v) is 10.7. The summed E-state index contributed by atoms with van der Waals surface area (Å²) in [5.74, 6) is -0.744. The fourth-order valence-corrected chi connectivity index (χ4v) is 4.69. The molecule has 30 heavy (non-hydrogen) atoms. The van der Waals surface area contributed by atoms with Gasteiger partial charge in [0, 0.05) is 25.1 Å². The summed E-state index contributed by atoms with van der Waals surface area (Å²) >= 11 is 0. The Balaban J connectivity index is 1.54. The van der Waals surface area contributed by atoms with Crippen molar-refractivity contribution < 1.29 is 22.1 Å². The molecule has 1 aliphatic heterocycles. The maximum Gasteiger partial charge on any atom is 0.314 e. The van der Waals surface area contributed by atoms with E-state index in [1.54, 1.807) is 12.1 Å². The summed E-state index contributed by atoms with van der Waals surface area (Å²) < 4.78 is 50.8. The normalized spacial score (nSPS) is 16.0. The number of nitrogens with zero attached hydrogens (tertiary/aromatic N) is 4. The fourth-order valence-electron chi connectivity index (χ4n) is 3.14. The zero-order chi connectivity index (χ0) is 20.9. The van der Waals surface area contributed by atoms with E-state index >= 15 is 0 Å². The van der Waals surface area contributed by atoms with Gasteiger partial charge in [-0.05, 0) is 37.1 Å². The number of ether oxygens (including phenoxy) is 1. The summed E-state index contributed by atoms with van der Waals surface area (Å²) in [5, 5.41) is 6.97. The highest BCUT2D eigenvalue weighted by Gasteiger charge is 2.26. The van der Waals surface area contributed by atoms with Crippen molar-refractivity contribution in [3.63, 3.8) is 0 Å². The maximum absolute atomic E-state index is 13.3. The number of aromatic nitrogens is 3. The molecule has 158 valence electrons. The van der Waals surface area contributed by atoms with Crippen LogP contribution in [-0.2, 0) is 22.3 Å². The maximum atomic E-state index is 13.3. The average Bonchev–Trinajstić information content (AvgIpc) is 3.29. The summed E-state index contributed by atoms with van der Waals surface area (Å²) in [6, 6.07) is 12.9. The van der Waals surface area contributed by atoms with Gasteiger partial charge in [0.05, 0.1) is 23.1 Å². The van der Waals surface area contributed by atoms with Gasteiger partial charge in [-0.15, -0.1) is 10.2 Å². The van der Waals surface area contributed by atoms with Crippen LogP contribution >= 0.6 is 0 Å². The van der Waals surface area contributed by atoms with Gasteiger partial charge in [0.15, 0.2) is 0 Å². The zero-order valence-electron chi connectivity index (χ0n) is 16.0. The molecule has 1 fully saturated rings. The van der Waals surface area contributed by atoms with Crippen LogP contribution in [0.1, 0.15) is 30.9 Å². The lowest BCUT2D eigenvalue weighted by Gasteiger charge is -2.30. The molecule has 0 N–H and O–H groups in total. The Morgan fingerprint density at radius 2 is 1.87 bits per heavy atom. The third kappa shape index (κ3) is 4.71. The second-order valence-electron chi connectivity index (χ2n) is 6.74. The third-order valence-electron chi connectivity index (χ3n) is 4.72. The monoisotopic (exact) mass is 434 g/mol. The van der Waals surface area contributed by atoms with Crippen molar-refractivity contribution in [3.05, 3.63) is 60.2 Å². The number of para-hydroxylation sites is 1. The summed E-state index contributed by atoms with van der Waals surface area (Å²) in [6.07, 6.45) is 0.148. The topological polar surface area (TPSA) is 81.4 Å². The van der Waals surface area contributed by atoms with Gasteiger partial charge in [-0.1, -0.05) is 18.2 Å². The highest BCUT2D eigenvalue weighted by Crippen LogP contribution is 2.26. The molecule has 2 aromatic heterocycles. The van der Waals surface area contributed by atoms with Crippen LogP contribution in [0.2, 0.25) is 0 Å². The standard InChI is InChI=1S/C20H20F2N4O3S/c21-18(22)20-25-24-19(29-20)14-6-7-15(23-12-14)13-26(16-4-2-1-3-5-16)30(27)17-8-10-28-11-9-17/h1-7,12,17-18H,8-11,13H2. The van der Waals surface area contributed by atoms with Gasteiger partial charge in [0.25, 0.3) is 5.89 Å². The average molecular weight is 434 g/mol. The van der Waals surface area contributed by atoms with Crippen molar-refractivity contribution in [3.8, 4) is 11.5 Å². The molecule has 1 unspecified atom stereocenters. The first kappa shape index (κ1) is 20.5. The summed E-state index contributed by atoms with van der Waals surface area (Å²) in [5.41, 5.74) is 1.96. The minimum absolute atomic E-state index is 0.0180. The molecular formula is C20H20F2N4O3S. The highest BCUT2D eigenvalue weighted by atomic mass is 32.2. The minimum Gasteiger partial charge on any atom is -0.415 e. The minimum atomic E-state index is -2.82. The van der Waals surface area contributed by atoms with Gasteiger partial charge in [-0.3, -0.25) is 9.29 Å². The molecule has 3 aromatic rings. The number of rotatable bonds is 7. The Morgan fingerprint density at radius 3 is 2.50 bits per heavy atom. The molecule has 0 spiro atoms. The van der Waals surface area contributed by atoms with E-state index < -0.39 is 23.3 Å². The molecule has 0 amide bonds. The number of hydrogen-bond donors (Lipinski definition) is 0. The Labute approximate surface area is 174 Å². The van der Waals surface area contributed by atoms with E-state index in [2.05, 4.69) is 15.2 Å². The third-order valence-corrected chi connectivity index (χ3v) is 6.54. The van der Waals surface area contributed by atoms with Crippen molar-refractivity contribution in [1.29, 1.82) is 0 Å². The SMILES string of the molecule is O=S(C1CCOCC1)N(Cc1ccc(-c2nnc(C(F)F)o2)cn1)c1ccccc1. The van der Waals surface area contributed by atoms with Gasteiger partial charge in [-0.2, -0.15) is 8.78 Å². The molecule has 1 aliphatic rings. The van der Waals surface area contributed by atoms with Crippen molar-refractivity contribution in [2.24, 2.45) is 0 Å². The lowest BCUT2D eigenvalue weighted by molar-refractivity contribution is 0.0991. The van der Waals surface area contributed by atoms with E-state index in [1.807, 2.05) is 34.6 Å². The van der Waals surface area contributed by atoms with Crippen LogP contribution in [0.3, 0.4) is 0 Å². The van der Waals surface area contributed by atoms with E-state index in [0.29, 0.717) is 31.0 Å². The summed E-state index contributed by atoms with van der Waals surface area (Å²) in [6.45, 7) is 1.55. The Kier molecular flexibility index (Phi) is 6.44. The number of hydrogen-bond acceptors (Lipinski definition) is 6. The zero-order valence-corrected chi connectivity index (χ0v) is 16.8. The molecule has 0 aliphatic carbocycles. The highest BCUT2D eigenvalue weighted by molar-refractivity contribution is 7.87. The van der Waals surface area contributed by atoms with Crippen molar-refractivity contribution in [2.75, 3.05) is 17.5 Å². The van der Waals surface area contributed by atoms with Crippen LogP contribution in [0, 0.1) is 0 Å². The van der Waals surface area contributed by atoms with E-state index in [1.165, 1.54) is 6.20 Å². The van der Waals surface area contributed by atoms with Crippen LogP contribution in [0.15, 0.2) is 53.1 Å². The van der Waals surface area contributed by atoms with Gasteiger partial charge in [-0.25, -0.2) is 4.21 Å². The molecule has 1 atom stereocenters. The van der Waals surface area contributed by atoms with Crippen molar-refractivity contribution >= 4 is 16.7 Å². The van der Waals surface area contributed by atoms with Crippen LogP contribution in [0.4, 0.5) is 14.5 Å². The van der Waals surface area contributed by atoms with Crippen LogP contribution in [0.5, 0.6) is 0 Å². The fraction of sp³-hybridized carbons (Fsp3) is 0.350. The number of benzene rings is 1. The first-order chi connectivity index (χ1) is 14.6. The summed E-state index contributed by atoms with van der Waals surface area (Å²) in [7, 11) is -1.25. The van der Waals surface area contributed by atoms with Gasteiger partial charge in [0.1, 0.15) is 11.0 Å². The predicted octanol–water partition coefficient (Wildman–Crippen LogP) is 3.92. The molecule has 1 saturated heterocycles. The van der Waals surface area contributed by atoms with Crippen molar-refractivity contribution in [2.45, 2.75) is 31.1 Å². The Bertz CT molecular complexity index is 979. The molecule has 7 nitrogen and oxygen atoms in total.